The number of pyridine rings is 1. The predicted octanol–water partition coefficient (Wildman–Crippen LogP) is 4.17. The lowest BCUT2D eigenvalue weighted by molar-refractivity contribution is 1.33. The zero-order valence-corrected chi connectivity index (χ0v) is 9.64. The first-order valence-corrected chi connectivity index (χ1v) is 5.45. The molecule has 1 heteroatoms. The summed E-state index contributed by atoms with van der Waals surface area (Å²) in [6, 6.07) is 12.6. The molecular formula is C15H15N. The molecule has 0 atom stereocenters. The quantitative estimate of drug-likeness (QED) is 0.723. The molecule has 0 aliphatic heterocycles. The van der Waals surface area contributed by atoms with Crippen LogP contribution in [-0.4, -0.2) is 4.98 Å². The van der Waals surface area contributed by atoms with Crippen molar-refractivity contribution in [2.75, 3.05) is 0 Å². The van der Waals surface area contributed by atoms with E-state index in [9.17, 15) is 0 Å². The van der Waals surface area contributed by atoms with Crippen molar-refractivity contribution in [3.63, 3.8) is 0 Å². The number of rotatable bonds is 2. The second kappa shape index (κ2) is 4.75. The number of aromatic nitrogens is 1. The normalized spacial score (nSPS) is 11.5. The summed E-state index contributed by atoms with van der Waals surface area (Å²) in [5.41, 5.74) is 5.02. The average molecular weight is 209 g/mol. The molecule has 2 aromatic rings. The zero-order chi connectivity index (χ0) is 11.4. The summed E-state index contributed by atoms with van der Waals surface area (Å²) < 4.78 is 0. The number of benzene rings is 1. The minimum atomic E-state index is 1.21. The number of nitrogens with zero attached hydrogens (tertiary/aromatic N) is 1. The third-order valence-electron chi connectivity index (χ3n) is 2.76. The van der Waals surface area contributed by atoms with Crippen molar-refractivity contribution >= 4 is 5.57 Å². The summed E-state index contributed by atoms with van der Waals surface area (Å²) in [6.45, 7) is 4.19. The molecule has 1 nitrogen and oxygen atoms in total. The van der Waals surface area contributed by atoms with E-state index in [4.69, 9.17) is 0 Å². The van der Waals surface area contributed by atoms with Crippen molar-refractivity contribution in [1.29, 1.82) is 0 Å². The molecule has 0 amide bonds. The Hall–Kier alpha value is -1.89. The number of hydrogen-bond donors (Lipinski definition) is 0. The maximum absolute atomic E-state index is 4.03. The number of hydrogen-bond acceptors (Lipinski definition) is 1. The Morgan fingerprint density at radius 3 is 2.50 bits per heavy atom. The lowest BCUT2D eigenvalue weighted by Crippen LogP contribution is -1.82. The Morgan fingerprint density at radius 1 is 1.06 bits per heavy atom. The van der Waals surface area contributed by atoms with Crippen molar-refractivity contribution in [3.05, 3.63) is 60.4 Å². The second-order valence-corrected chi connectivity index (χ2v) is 3.79. The van der Waals surface area contributed by atoms with Crippen LogP contribution in [0.2, 0.25) is 0 Å². The molecule has 0 spiro atoms. The van der Waals surface area contributed by atoms with Gasteiger partial charge in [-0.25, -0.2) is 0 Å². The molecule has 1 aromatic heterocycles. The van der Waals surface area contributed by atoms with Crippen molar-refractivity contribution in [2.24, 2.45) is 0 Å². The molecule has 1 aromatic carbocycles. The topological polar surface area (TPSA) is 12.9 Å². The first-order chi connectivity index (χ1) is 7.81. The van der Waals surface area contributed by atoms with E-state index in [1.807, 2.05) is 24.5 Å². The maximum atomic E-state index is 4.03. The number of allylic oxidation sites excluding steroid dienone is 2. The summed E-state index contributed by atoms with van der Waals surface area (Å²) in [4.78, 5) is 4.03. The van der Waals surface area contributed by atoms with Crippen molar-refractivity contribution in [2.45, 2.75) is 13.8 Å². The zero-order valence-electron chi connectivity index (χ0n) is 9.64. The van der Waals surface area contributed by atoms with Crippen molar-refractivity contribution in [1.82, 2.24) is 4.98 Å². The van der Waals surface area contributed by atoms with Crippen LogP contribution in [-0.2, 0) is 0 Å². The highest BCUT2D eigenvalue weighted by atomic mass is 14.6. The predicted molar refractivity (Wildman–Crippen MR) is 69.0 cm³/mol. The van der Waals surface area contributed by atoms with E-state index in [0.29, 0.717) is 0 Å². The van der Waals surface area contributed by atoms with Crippen LogP contribution < -0.4 is 0 Å². The van der Waals surface area contributed by atoms with E-state index in [-0.39, 0.29) is 0 Å². The molecule has 0 saturated heterocycles. The highest BCUT2D eigenvalue weighted by Gasteiger charge is 1.99. The third-order valence-corrected chi connectivity index (χ3v) is 2.76. The summed E-state index contributed by atoms with van der Waals surface area (Å²) >= 11 is 0. The van der Waals surface area contributed by atoms with E-state index in [0.717, 1.165) is 0 Å². The van der Waals surface area contributed by atoms with Crippen LogP contribution in [0.4, 0.5) is 0 Å². The first-order valence-electron chi connectivity index (χ1n) is 5.45. The Labute approximate surface area is 96.5 Å². The van der Waals surface area contributed by atoms with Crippen molar-refractivity contribution in [3.8, 4) is 11.1 Å². The average Bonchev–Trinajstić information content (AvgIpc) is 2.39. The van der Waals surface area contributed by atoms with Gasteiger partial charge in [0.1, 0.15) is 0 Å². The molecule has 0 N–H and O–H groups in total. The van der Waals surface area contributed by atoms with Crippen LogP contribution in [0.15, 0.2) is 54.9 Å². The summed E-state index contributed by atoms with van der Waals surface area (Å²) in [5, 5.41) is 0. The molecule has 0 radical (unpaired) electrons. The van der Waals surface area contributed by atoms with E-state index >= 15 is 0 Å². The van der Waals surface area contributed by atoms with Gasteiger partial charge >= 0.3 is 0 Å². The molecule has 16 heavy (non-hydrogen) atoms. The SMILES string of the molecule is C/C=C(\C)c1cccc(-c2ccncc2)c1. The van der Waals surface area contributed by atoms with Crippen LogP contribution in [0.1, 0.15) is 19.4 Å². The minimum Gasteiger partial charge on any atom is -0.265 e. The fourth-order valence-corrected chi connectivity index (χ4v) is 1.66. The molecule has 0 bridgehead atoms. The van der Waals surface area contributed by atoms with Gasteiger partial charge < -0.3 is 0 Å². The van der Waals surface area contributed by atoms with Gasteiger partial charge in [0.25, 0.3) is 0 Å². The molecular weight excluding hydrogens is 194 g/mol. The maximum Gasteiger partial charge on any atom is 0.0273 e. The molecule has 0 unspecified atom stereocenters. The van der Waals surface area contributed by atoms with Gasteiger partial charge in [-0.05, 0) is 54.3 Å². The van der Waals surface area contributed by atoms with Gasteiger partial charge in [-0.2, -0.15) is 0 Å². The van der Waals surface area contributed by atoms with Gasteiger partial charge in [0, 0.05) is 12.4 Å². The van der Waals surface area contributed by atoms with Crippen LogP contribution in [0.5, 0.6) is 0 Å². The van der Waals surface area contributed by atoms with E-state index in [1.54, 1.807) is 0 Å². The van der Waals surface area contributed by atoms with E-state index < -0.39 is 0 Å². The Bertz CT molecular complexity index is 498. The van der Waals surface area contributed by atoms with E-state index in [1.165, 1.54) is 22.3 Å². The fourth-order valence-electron chi connectivity index (χ4n) is 1.66. The standard InChI is InChI=1S/C15H15N/c1-3-12(2)14-5-4-6-15(11-14)13-7-9-16-10-8-13/h3-11H,1-2H3/b12-3+. The first kappa shape index (κ1) is 10.6. The Morgan fingerprint density at radius 2 is 1.81 bits per heavy atom. The monoisotopic (exact) mass is 209 g/mol. The fraction of sp³-hybridized carbons (Fsp3) is 0.133. The summed E-state index contributed by atoms with van der Waals surface area (Å²) in [6.07, 6.45) is 5.78. The van der Waals surface area contributed by atoms with Gasteiger partial charge in [-0.15, -0.1) is 0 Å². The van der Waals surface area contributed by atoms with Crippen LogP contribution in [0.25, 0.3) is 16.7 Å². The van der Waals surface area contributed by atoms with Crippen LogP contribution in [0, 0.1) is 0 Å². The van der Waals surface area contributed by atoms with Gasteiger partial charge in [0.05, 0.1) is 0 Å². The Kier molecular flexibility index (Phi) is 3.16. The van der Waals surface area contributed by atoms with Crippen molar-refractivity contribution < 1.29 is 0 Å². The molecule has 1 heterocycles. The second-order valence-electron chi connectivity index (χ2n) is 3.79. The summed E-state index contributed by atoms with van der Waals surface area (Å²) in [5.74, 6) is 0. The minimum absolute atomic E-state index is 1.21. The van der Waals surface area contributed by atoms with Crippen LogP contribution >= 0.6 is 0 Å². The third kappa shape index (κ3) is 2.19. The molecule has 80 valence electrons. The lowest BCUT2D eigenvalue weighted by atomic mass is 10.0. The molecule has 0 aliphatic carbocycles. The van der Waals surface area contributed by atoms with Gasteiger partial charge in [0.2, 0.25) is 0 Å². The van der Waals surface area contributed by atoms with E-state index in [2.05, 4.69) is 49.2 Å². The van der Waals surface area contributed by atoms with Crippen LogP contribution in [0.3, 0.4) is 0 Å². The molecule has 0 aliphatic rings. The highest BCUT2D eigenvalue weighted by molar-refractivity contribution is 5.71. The molecule has 0 saturated carbocycles. The smallest absolute Gasteiger partial charge is 0.0273 e. The Balaban J connectivity index is 2.44. The lowest BCUT2D eigenvalue weighted by Gasteiger charge is -2.05. The van der Waals surface area contributed by atoms with Gasteiger partial charge in [0.15, 0.2) is 0 Å². The highest BCUT2D eigenvalue weighted by Crippen LogP contribution is 2.22. The van der Waals surface area contributed by atoms with Gasteiger partial charge in [-0.1, -0.05) is 24.3 Å². The molecule has 2 rings (SSSR count). The summed E-state index contributed by atoms with van der Waals surface area (Å²) in [7, 11) is 0. The largest absolute Gasteiger partial charge is 0.265 e. The van der Waals surface area contributed by atoms with Gasteiger partial charge in [-0.3, -0.25) is 4.98 Å². The molecule has 0 fully saturated rings.